The molecule has 4 heteroatoms. The van der Waals surface area contributed by atoms with Crippen LogP contribution in [0.15, 0.2) is 30.5 Å². The lowest BCUT2D eigenvalue weighted by Gasteiger charge is -2.54. The number of benzene rings is 1. The highest BCUT2D eigenvalue weighted by Crippen LogP contribution is 2.53. The van der Waals surface area contributed by atoms with Crippen molar-refractivity contribution in [1.82, 2.24) is 10.3 Å². The molecule has 4 aliphatic carbocycles. The van der Waals surface area contributed by atoms with Crippen LogP contribution >= 0.6 is 0 Å². The van der Waals surface area contributed by atoms with Gasteiger partial charge in [-0.2, -0.15) is 0 Å². The molecule has 0 aliphatic heterocycles. The molecule has 4 nitrogen and oxygen atoms in total. The predicted octanol–water partition coefficient (Wildman–Crippen LogP) is 3.49. The minimum Gasteiger partial charge on any atom is -0.505 e. The number of phenols is 1. The molecule has 4 fully saturated rings. The van der Waals surface area contributed by atoms with Gasteiger partial charge in [0.15, 0.2) is 5.75 Å². The molecule has 4 aliphatic rings. The van der Waals surface area contributed by atoms with Crippen LogP contribution in [-0.4, -0.2) is 22.0 Å². The number of fused-ring (bicyclic) bond motifs is 1. The van der Waals surface area contributed by atoms with Gasteiger partial charge in [0.05, 0.1) is 5.56 Å². The smallest absolute Gasteiger partial charge is 0.255 e. The fourth-order valence-electron chi connectivity index (χ4n) is 5.70. The molecule has 124 valence electrons. The quantitative estimate of drug-likeness (QED) is 0.889. The number of phenolic OH excluding ortho intramolecular Hbond substituents is 1. The van der Waals surface area contributed by atoms with E-state index in [0.29, 0.717) is 22.9 Å². The van der Waals surface area contributed by atoms with Gasteiger partial charge in [0.2, 0.25) is 0 Å². The molecule has 6 rings (SSSR count). The van der Waals surface area contributed by atoms with Gasteiger partial charge in [-0.05, 0) is 67.9 Å². The molecule has 2 N–H and O–H groups in total. The van der Waals surface area contributed by atoms with Gasteiger partial charge in [-0.25, -0.2) is 0 Å². The Morgan fingerprint density at radius 3 is 2.46 bits per heavy atom. The fourth-order valence-corrected chi connectivity index (χ4v) is 5.70. The lowest BCUT2D eigenvalue weighted by Crippen LogP contribution is -2.55. The van der Waals surface area contributed by atoms with Crippen molar-refractivity contribution >= 4 is 16.8 Å². The summed E-state index contributed by atoms with van der Waals surface area (Å²) in [5.41, 5.74) is 0.838. The summed E-state index contributed by atoms with van der Waals surface area (Å²) in [7, 11) is 0. The zero-order valence-corrected chi connectivity index (χ0v) is 13.6. The number of rotatable bonds is 2. The van der Waals surface area contributed by atoms with Crippen molar-refractivity contribution in [3.05, 3.63) is 36.0 Å². The first-order valence-electron chi connectivity index (χ1n) is 9.06. The second kappa shape index (κ2) is 5.20. The maximum Gasteiger partial charge on any atom is 0.255 e. The molecule has 4 saturated carbocycles. The van der Waals surface area contributed by atoms with Crippen molar-refractivity contribution in [1.29, 1.82) is 0 Å². The normalized spacial score (nSPS) is 33.8. The van der Waals surface area contributed by atoms with Crippen molar-refractivity contribution in [3.63, 3.8) is 0 Å². The summed E-state index contributed by atoms with van der Waals surface area (Å²) in [5.74, 6) is 2.88. The summed E-state index contributed by atoms with van der Waals surface area (Å²) >= 11 is 0. The number of carbonyl (C=O) groups excluding carboxylic acids is 1. The van der Waals surface area contributed by atoms with E-state index in [2.05, 4.69) is 10.3 Å². The number of nitrogens with one attached hydrogen (secondary N) is 1. The van der Waals surface area contributed by atoms with Gasteiger partial charge < -0.3 is 10.4 Å². The van der Waals surface area contributed by atoms with E-state index in [4.69, 9.17) is 0 Å². The fraction of sp³-hybridized carbons (Fsp3) is 0.500. The molecule has 1 aromatic heterocycles. The van der Waals surface area contributed by atoms with Crippen LogP contribution in [-0.2, 0) is 0 Å². The van der Waals surface area contributed by atoms with Crippen molar-refractivity contribution in [3.8, 4) is 5.75 Å². The van der Waals surface area contributed by atoms with Crippen LogP contribution < -0.4 is 5.32 Å². The Hall–Kier alpha value is -2.10. The Kier molecular flexibility index (Phi) is 3.09. The van der Waals surface area contributed by atoms with Crippen LogP contribution in [0.5, 0.6) is 5.75 Å². The highest BCUT2D eigenvalue weighted by Gasteiger charge is 2.48. The van der Waals surface area contributed by atoms with Crippen LogP contribution in [0.2, 0.25) is 0 Å². The maximum atomic E-state index is 12.8. The molecule has 0 atom stereocenters. The van der Waals surface area contributed by atoms with E-state index in [0.717, 1.165) is 17.2 Å². The van der Waals surface area contributed by atoms with Crippen LogP contribution in [0.4, 0.5) is 0 Å². The Morgan fingerprint density at radius 1 is 1.04 bits per heavy atom. The summed E-state index contributed by atoms with van der Waals surface area (Å²) in [6.45, 7) is 0. The van der Waals surface area contributed by atoms with Gasteiger partial charge in [-0.15, -0.1) is 0 Å². The highest BCUT2D eigenvalue weighted by atomic mass is 16.3. The van der Waals surface area contributed by atoms with Gasteiger partial charge in [0.25, 0.3) is 5.91 Å². The average molecular weight is 322 g/mol. The number of nitrogens with zero attached hydrogens (tertiary/aromatic N) is 1. The van der Waals surface area contributed by atoms with Crippen molar-refractivity contribution in [2.24, 2.45) is 23.7 Å². The molecular formula is C20H22N2O2. The standard InChI is InChI=1S/C20H22N2O2/c23-19-16(4-3-13-2-1-5-21-18(13)19)20(24)22-17-14-7-11-6-12(9-14)10-15(17)8-11/h1-5,11-12,14-15,17,23H,6-10H2,(H,22,24). The monoisotopic (exact) mass is 322 g/mol. The number of carbonyl (C=O) groups is 1. The topological polar surface area (TPSA) is 62.2 Å². The Labute approximate surface area is 141 Å². The molecule has 0 unspecified atom stereocenters. The molecular weight excluding hydrogens is 300 g/mol. The minimum atomic E-state index is -0.155. The Morgan fingerprint density at radius 2 is 1.75 bits per heavy atom. The van der Waals surface area contributed by atoms with Gasteiger partial charge in [-0.3, -0.25) is 9.78 Å². The van der Waals surface area contributed by atoms with E-state index in [-0.39, 0.29) is 17.7 Å². The SMILES string of the molecule is O=C(NC1C2CC3CC(C2)CC1C3)c1ccc2cccnc2c1O. The number of aromatic nitrogens is 1. The highest BCUT2D eigenvalue weighted by molar-refractivity contribution is 6.02. The lowest BCUT2D eigenvalue weighted by atomic mass is 9.54. The number of hydrogen-bond acceptors (Lipinski definition) is 3. The molecule has 4 bridgehead atoms. The first kappa shape index (κ1) is 14.3. The molecule has 24 heavy (non-hydrogen) atoms. The lowest BCUT2D eigenvalue weighted by molar-refractivity contribution is -0.0119. The van der Waals surface area contributed by atoms with Gasteiger partial charge >= 0.3 is 0 Å². The molecule has 0 spiro atoms. The molecule has 0 radical (unpaired) electrons. The third-order valence-corrected chi connectivity index (χ3v) is 6.52. The molecule has 1 aromatic carbocycles. The van der Waals surface area contributed by atoms with Crippen LogP contribution in [0.25, 0.3) is 10.9 Å². The Bertz CT molecular complexity index is 788. The van der Waals surface area contributed by atoms with E-state index in [1.165, 1.54) is 32.1 Å². The second-order valence-electron chi connectivity index (χ2n) is 7.97. The van der Waals surface area contributed by atoms with E-state index < -0.39 is 0 Å². The van der Waals surface area contributed by atoms with E-state index in [1.54, 1.807) is 12.3 Å². The third kappa shape index (κ3) is 2.12. The summed E-state index contributed by atoms with van der Waals surface area (Å²) < 4.78 is 0. The third-order valence-electron chi connectivity index (χ3n) is 6.52. The number of aromatic hydroxyl groups is 1. The van der Waals surface area contributed by atoms with E-state index in [1.807, 2.05) is 18.2 Å². The van der Waals surface area contributed by atoms with Gasteiger partial charge in [0.1, 0.15) is 5.52 Å². The van der Waals surface area contributed by atoms with Gasteiger partial charge in [0, 0.05) is 17.6 Å². The summed E-state index contributed by atoms with van der Waals surface area (Å²) in [6.07, 6.45) is 8.12. The number of hydrogen-bond donors (Lipinski definition) is 2. The first-order chi connectivity index (χ1) is 11.7. The van der Waals surface area contributed by atoms with Crippen molar-refractivity contribution in [2.45, 2.75) is 38.1 Å². The first-order valence-corrected chi connectivity index (χ1v) is 9.06. The summed E-state index contributed by atoms with van der Waals surface area (Å²) in [6, 6.07) is 7.57. The zero-order valence-electron chi connectivity index (χ0n) is 13.6. The largest absolute Gasteiger partial charge is 0.505 e. The van der Waals surface area contributed by atoms with E-state index >= 15 is 0 Å². The zero-order chi connectivity index (χ0) is 16.3. The van der Waals surface area contributed by atoms with Crippen LogP contribution in [0.1, 0.15) is 42.5 Å². The minimum absolute atomic E-state index is 0.00517. The summed E-state index contributed by atoms with van der Waals surface area (Å²) in [5, 5.41) is 14.6. The Balaban J connectivity index is 1.42. The molecule has 1 amide bonds. The van der Waals surface area contributed by atoms with E-state index in [9.17, 15) is 9.90 Å². The molecule has 1 heterocycles. The summed E-state index contributed by atoms with van der Waals surface area (Å²) in [4.78, 5) is 17.0. The van der Waals surface area contributed by atoms with Crippen LogP contribution in [0.3, 0.4) is 0 Å². The number of pyridine rings is 1. The van der Waals surface area contributed by atoms with Crippen molar-refractivity contribution in [2.75, 3.05) is 0 Å². The second-order valence-corrected chi connectivity index (χ2v) is 7.97. The molecule has 2 aromatic rings. The number of amides is 1. The molecule has 0 saturated heterocycles. The van der Waals surface area contributed by atoms with Gasteiger partial charge in [-0.1, -0.05) is 12.1 Å². The maximum absolute atomic E-state index is 12.8. The van der Waals surface area contributed by atoms with Crippen molar-refractivity contribution < 1.29 is 9.90 Å². The predicted molar refractivity (Wildman–Crippen MR) is 91.7 cm³/mol. The average Bonchev–Trinajstić information content (AvgIpc) is 2.58. The van der Waals surface area contributed by atoms with Crippen LogP contribution in [0, 0.1) is 23.7 Å².